The minimum atomic E-state index is 0.340. The van der Waals surface area contributed by atoms with Gasteiger partial charge in [0.2, 0.25) is 0 Å². The Morgan fingerprint density at radius 3 is 2.24 bits per heavy atom. The highest BCUT2D eigenvalue weighted by molar-refractivity contribution is 5.26. The summed E-state index contributed by atoms with van der Waals surface area (Å²) in [6.07, 6.45) is 0. The second kappa shape index (κ2) is 6.06. The Morgan fingerprint density at radius 1 is 1.18 bits per heavy atom. The summed E-state index contributed by atoms with van der Waals surface area (Å²) in [5.74, 6) is 1.60. The van der Waals surface area contributed by atoms with Crippen molar-refractivity contribution in [2.45, 2.75) is 34.2 Å². The van der Waals surface area contributed by atoms with Crippen LogP contribution < -0.4 is 10.1 Å². The van der Waals surface area contributed by atoms with Crippen molar-refractivity contribution in [1.82, 2.24) is 5.32 Å². The number of hydrogen-bond acceptors (Lipinski definition) is 2. The summed E-state index contributed by atoms with van der Waals surface area (Å²) in [6, 6.07) is 8.22. The first-order valence-electron chi connectivity index (χ1n) is 6.29. The average molecular weight is 235 g/mol. The summed E-state index contributed by atoms with van der Waals surface area (Å²) in [4.78, 5) is 0. The van der Waals surface area contributed by atoms with Crippen molar-refractivity contribution in [1.29, 1.82) is 0 Å². The average Bonchev–Trinajstić information content (AvgIpc) is 2.29. The van der Waals surface area contributed by atoms with Crippen molar-refractivity contribution >= 4 is 0 Å². The number of benzene rings is 1. The molecule has 1 N–H and O–H groups in total. The van der Waals surface area contributed by atoms with E-state index in [9.17, 15) is 0 Å². The fraction of sp³-hybridized carbons (Fsp3) is 0.600. The van der Waals surface area contributed by atoms with E-state index in [0.717, 1.165) is 18.8 Å². The Bertz CT molecular complexity index is 327. The quantitative estimate of drug-likeness (QED) is 0.815. The van der Waals surface area contributed by atoms with Gasteiger partial charge in [-0.25, -0.2) is 0 Å². The number of methoxy groups -OCH3 is 1. The van der Waals surface area contributed by atoms with Crippen molar-refractivity contribution in [3.05, 3.63) is 29.8 Å². The van der Waals surface area contributed by atoms with Gasteiger partial charge in [0, 0.05) is 13.1 Å². The van der Waals surface area contributed by atoms with Crippen molar-refractivity contribution in [3.8, 4) is 5.75 Å². The fourth-order valence-electron chi connectivity index (χ4n) is 1.48. The van der Waals surface area contributed by atoms with Crippen molar-refractivity contribution in [2.24, 2.45) is 11.3 Å². The lowest BCUT2D eigenvalue weighted by Crippen LogP contribution is -2.33. The Balaban J connectivity index is 2.40. The highest BCUT2D eigenvalue weighted by Gasteiger charge is 2.21. The van der Waals surface area contributed by atoms with Gasteiger partial charge in [-0.2, -0.15) is 0 Å². The van der Waals surface area contributed by atoms with E-state index in [1.165, 1.54) is 5.56 Å². The molecule has 2 nitrogen and oxygen atoms in total. The molecule has 0 aliphatic rings. The second-order valence-electron chi connectivity index (χ2n) is 5.59. The molecule has 0 saturated heterocycles. The summed E-state index contributed by atoms with van der Waals surface area (Å²) in [7, 11) is 1.69. The minimum Gasteiger partial charge on any atom is -0.497 e. The maximum atomic E-state index is 5.14. The van der Waals surface area contributed by atoms with Gasteiger partial charge in [0.05, 0.1) is 7.11 Å². The predicted molar refractivity (Wildman–Crippen MR) is 73.3 cm³/mol. The monoisotopic (exact) mass is 235 g/mol. The third-order valence-corrected chi connectivity index (χ3v) is 3.63. The maximum Gasteiger partial charge on any atom is 0.118 e. The van der Waals surface area contributed by atoms with Crippen LogP contribution in [0.1, 0.15) is 33.3 Å². The van der Waals surface area contributed by atoms with E-state index >= 15 is 0 Å². The number of hydrogen-bond donors (Lipinski definition) is 1. The Hall–Kier alpha value is -1.02. The first-order chi connectivity index (χ1) is 7.95. The summed E-state index contributed by atoms with van der Waals surface area (Å²) in [5, 5.41) is 3.52. The lowest BCUT2D eigenvalue weighted by molar-refractivity contribution is 0.238. The van der Waals surface area contributed by atoms with Crippen LogP contribution in [-0.4, -0.2) is 13.7 Å². The maximum absolute atomic E-state index is 5.14. The largest absolute Gasteiger partial charge is 0.497 e. The van der Waals surface area contributed by atoms with Crippen molar-refractivity contribution in [2.75, 3.05) is 13.7 Å². The molecule has 1 aromatic carbocycles. The van der Waals surface area contributed by atoms with Crippen LogP contribution in [0.4, 0.5) is 0 Å². The van der Waals surface area contributed by atoms with Crippen molar-refractivity contribution < 1.29 is 4.74 Å². The molecule has 0 spiro atoms. The zero-order valence-corrected chi connectivity index (χ0v) is 11.7. The van der Waals surface area contributed by atoms with Gasteiger partial charge < -0.3 is 10.1 Å². The summed E-state index contributed by atoms with van der Waals surface area (Å²) in [6.45, 7) is 11.1. The van der Waals surface area contributed by atoms with Crippen LogP contribution >= 0.6 is 0 Å². The van der Waals surface area contributed by atoms with E-state index in [1.54, 1.807) is 7.11 Å². The standard InChI is InChI=1S/C15H25NO/c1-12(2)15(3,4)11-16-10-13-6-8-14(17-5)9-7-13/h6-9,12,16H,10-11H2,1-5H3. The highest BCUT2D eigenvalue weighted by Crippen LogP contribution is 2.24. The zero-order valence-electron chi connectivity index (χ0n) is 11.7. The van der Waals surface area contributed by atoms with Gasteiger partial charge in [-0.3, -0.25) is 0 Å². The SMILES string of the molecule is COc1ccc(CNCC(C)(C)C(C)C)cc1. The molecule has 0 heterocycles. The lowest BCUT2D eigenvalue weighted by Gasteiger charge is -2.29. The smallest absolute Gasteiger partial charge is 0.118 e. The molecule has 0 aromatic heterocycles. The van der Waals surface area contributed by atoms with Gasteiger partial charge in [0.1, 0.15) is 5.75 Å². The lowest BCUT2D eigenvalue weighted by atomic mass is 9.81. The highest BCUT2D eigenvalue weighted by atomic mass is 16.5. The molecule has 0 fully saturated rings. The Morgan fingerprint density at radius 2 is 1.76 bits per heavy atom. The van der Waals surface area contributed by atoms with E-state index in [-0.39, 0.29) is 0 Å². The molecule has 0 unspecified atom stereocenters. The third-order valence-electron chi connectivity index (χ3n) is 3.63. The molecule has 2 heteroatoms. The molecule has 0 aliphatic heterocycles. The molecule has 0 saturated carbocycles. The van der Waals surface area contributed by atoms with E-state index in [2.05, 4.69) is 45.1 Å². The van der Waals surface area contributed by atoms with E-state index < -0.39 is 0 Å². The molecule has 96 valence electrons. The van der Waals surface area contributed by atoms with Gasteiger partial charge in [0.15, 0.2) is 0 Å². The molecule has 0 aliphatic carbocycles. The molecular weight excluding hydrogens is 210 g/mol. The van der Waals surface area contributed by atoms with Gasteiger partial charge in [-0.15, -0.1) is 0 Å². The summed E-state index contributed by atoms with van der Waals surface area (Å²) < 4.78 is 5.14. The van der Waals surface area contributed by atoms with Crippen LogP contribution in [-0.2, 0) is 6.54 Å². The number of ether oxygens (including phenoxy) is 1. The molecule has 0 radical (unpaired) electrons. The normalized spacial score (nSPS) is 11.9. The van der Waals surface area contributed by atoms with Crippen molar-refractivity contribution in [3.63, 3.8) is 0 Å². The third kappa shape index (κ3) is 4.39. The second-order valence-corrected chi connectivity index (χ2v) is 5.59. The van der Waals surface area contributed by atoms with Crippen LogP contribution in [0.5, 0.6) is 5.75 Å². The summed E-state index contributed by atoms with van der Waals surface area (Å²) >= 11 is 0. The predicted octanol–water partition coefficient (Wildman–Crippen LogP) is 3.47. The van der Waals surface area contributed by atoms with E-state index in [4.69, 9.17) is 4.74 Å². The van der Waals surface area contributed by atoms with E-state index in [0.29, 0.717) is 11.3 Å². The summed E-state index contributed by atoms with van der Waals surface area (Å²) in [5.41, 5.74) is 1.64. The van der Waals surface area contributed by atoms with Crippen LogP contribution in [0.15, 0.2) is 24.3 Å². The van der Waals surface area contributed by atoms with E-state index in [1.807, 2.05) is 12.1 Å². The van der Waals surface area contributed by atoms with Crippen LogP contribution in [0.25, 0.3) is 0 Å². The minimum absolute atomic E-state index is 0.340. The topological polar surface area (TPSA) is 21.3 Å². The van der Waals surface area contributed by atoms with Crippen LogP contribution in [0.3, 0.4) is 0 Å². The molecule has 17 heavy (non-hydrogen) atoms. The van der Waals surface area contributed by atoms with Gasteiger partial charge >= 0.3 is 0 Å². The first kappa shape index (κ1) is 14.0. The molecule has 0 atom stereocenters. The Kier molecular flexibility index (Phi) is 5.01. The van der Waals surface area contributed by atoms with Crippen LogP contribution in [0, 0.1) is 11.3 Å². The molecule has 1 rings (SSSR count). The fourth-order valence-corrected chi connectivity index (χ4v) is 1.48. The zero-order chi connectivity index (χ0) is 12.9. The van der Waals surface area contributed by atoms with Gasteiger partial charge in [0.25, 0.3) is 0 Å². The van der Waals surface area contributed by atoms with Gasteiger partial charge in [-0.05, 0) is 29.0 Å². The van der Waals surface area contributed by atoms with Crippen LogP contribution in [0.2, 0.25) is 0 Å². The number of nitrogens with one attached hydrogen (secondary N) is 1. The Labute approximate surface area is 105 Å². The van der Waals surface area contributed by atoms with Gasteiger partial charge in [-0.1, -0.05) is 39.8 Å². The molecular formula is C15H25NO. The number of rotatable bonds is 6. The first-order valence-corrected chi connectivity index (χ1v) is 6.29. The molecule has 0 amide bonds. The molecule has 1 aromatic rings. The molecule has 0 bridgehead atoms.